The highest BCUT2D eigenvalue weighted by Gasteiger charge is 2.45. The van der Waals surface area contributed by atoms with Crippen molar-refractivity contribution in [3.63, 3.8) is 0 Å². The molecule has 0 spiro atoms. The smallest absolute Gasteiger partial charge is 0.294 e. The summed E-state index contributed by atoms with van der Waals surface area (Å²) in [6.07, 6.45) is 0. The fourth-order valence-corrected chi connectivity index (χ4v) is 5.35. The predicted molar refractivity (Wildman–Crippen MR) is 159 cm³/mol. The van der Waals surface area contributed by atoms with E-state index in [9.17, 15) is 14.7 Å². The first-order chi connectivity index (χ1) is 19.8. The van der Waals surface area contributed by atoms with E-state index < -0.39 is 23.5 Å². The summed E-state index contributed by atoms with van der Waals surface area (Å²) >= 11 is 6.21. The molecule has 1 aliphatic heterocycles. The molecule has 6 rings (SSSR count). The number of anilines is 3. The van der Waals surface area contributed by atoms with E-state index in [4.69, 9.17) is 20.8 Å². The van der Waals surface area contributed by atoms with Crippen LogP contribution in [0.15, 0.2) is 113 Å². The first kappa shape index (κ1) is 26.2. The van der Waals surface area contributed by atoms with Crippen LogP contribution >= 0.6 is 11.6 Å². The number of ketones is 1. The Balaban J connectivity index is 1.41. The van der Waals surface area contributed by atoms with Gasteiger partial charge in [0.25, 0.3) is 5.91 Å². The number of halogens is 1. The van der Waals surface area contributed by atoms with E-state index in [1.807, 2.05) is 73.7 Å². The molecule has 2 N–H and O–H groups in total. The number of fused-ring (bicyclic) bond motifs is 1. The fourth-order valence-electron chi connectivity index (χ4n) is 5.13. The number of rotatable bonds is 7. The molecule has 5 aromatic rings. The number of para-hydroxylation sites is 1. The van der Waals surface area contributed by atoms with Crippen LogP contribution in [0.1, 0.15) is 27.7 Å². The van der Waals surface area contributed by atoms with Crippen molar-refractivity contribution in [1.29, 1.82) is 0 Å². The van der Waals surface area contributed by atoms with Gasteiger partial charge in [0, 0.05) is 33.5 Å². The molecule has 0 radical (unpaired) electrons. The molecule has 0 bridgehead atoms. The third-order valence-electron chi connectivity index (χ3n) is 7.01. The maximum atomic E-state index is 14.0. The zero-order valence-electron chi connectivity index (χ0n) is 22.2. The van der Waals surface area contributed by atoms with Crippen LogP contribution in [-0.2, 0) is 4.79 Å². The highest BCUT2D eigenvalue weighted by molar-refractivity contribution is 6.31. The Hall–Kier alpha value is -5.01. The van der Waals surface area contributed by atoms with E-state index in [0.29, 0.717) is 33.0 Å². The van der Waals surface area contributed by atoms with Gasteiger partial charge in [0.2, 0.25) is 5.78 Å². The highest BCUT2D eigenvalue weighted by Crippen LogP contribution is 2.43. The molecule has 0 saturated heterocycles. The van der Waals surface area contributed by atoms with Gasteiger partial charge in [-0.25, -0.2) is 0 Å². The number of nitrogens with one attached hydrogen (secondary N) is 1. The first-order valence-electron chi connectivity index (χ1n) is 12.9. The molecule has 4 aromatic carbocycles. The maximum absolute atomic E-state index is 14.0. The van der Waals surface area contributed by atoms with Crippen molar-refractivity contribution >= 4 is 51.3 Å². The Kier molecular flexibility index (Phi) is 6.73. The van der Waals surface area contributed by atoms with Crippen LogP contribution in [0.2, 0.25) is 5.02 Å². The number of nitrogens with zero attached hydrogens (tertiary/aromatic N) is 1. The number of amides is 1. The van der Waals surface area contributed by atoms with E-state index >= 15 is 0 Å². The minimum absolute atomic E-state index is 0.0446. The number of carbonyl (C=O) groups excluding carboxylic acids is 2. The highest BCUT2D eigenvalue weighted by atomic mass is 35.5. The van der Waals surface area contributed by atoms with E-state index in [1.54, 1.807) is 24.3 Å². The van der Waals surface area contributed by atoms with Gasteiger partial charge in [-0.05, 0) is 61.0 Å². The summed E-state index contributed by atoms with van der Waals surface area (Å²) in [4.78, 5) is 29.0. The molecule has 0 fully saturated rings. The minimum Gasteiger partial charge on any atom is -0.503 e. The number of methoxy groups -OCH3 is 1. The quantitative estimate of drug-likeness (QED) is 0.195. The van der Waals surface area contributed by atoms with E-state index in [1.165, 1.54) is 18.1 Å². The van der Waals surface area contributed by atoms with Gasteiger partial charge >= 0.3 is 0 Å². The molecule has 41 heavy (non-hydrogen) atoms. The number of aliphatic hydroxyl groups excluding tert-OH is 1. The number of aliphatic hydroxyl groups is 1. The van der Waals surface area contributed by atoms with Gasteiger partial charge in [0.15, 0.2) is 22.9 Å². The Morgan fingerprint density at radius 1 is 0.951 bits per heavy atom. The first-order valence-corrected chi connectivity index (χ1v) is 13.3. The molecule has 0 aliphatic carbocycles. The fraction of sp³-hybridized carbons (Fsp3) is 0.0909. The molecular formula is C33H25ClN2O5. The van der Waals surface area contributed by atoms with E-state index in [0.717, 1.165) is 16.9 Å². The van der Waals surface area contributed by atoms with Crippen LogP contribution in [0, 0.1) is 6.92 Å². The van der Waals surface area contributed by atoms with Crippen LogP contribution in [0.5, 0.6) is 5.75 Å². The van der Waals surface area contributed by atoms with E-state index in [-0.39, 0.29) is 11.3 Å². The Labute approximate surface area is 241 Å². The van der Waals surface area contributed by atoms with Crippen LogP contribution < -0.4 is 15.0 Å². The standard InChI is InChI=1S/C33H25ClN2O5/c1-19-7-6-8-20(15-19)29-28(30(37)26-17-21-16-22(34)18-27(40-2)32(21)41-26)31(38)33(39)36(29)25-13-11-24(12-14-25)35-23-9-4-3-5-10-23/h3-18,29,35,38H,1-2H3. The summed E-state index contributed by atoms with van der Waals surface area (Å²) in [6.45, 7) is 1.93. The number of hydrogen-bond acceptors (Lipinski definition) is 6. The second-order valence-corrected chi connectivity index (χ2v) is 10.2. The van der Waals surface area contributed by atoms with Crippen molar-refractivity contribution in [2.24, 2.45) is 0 Å². The zero-order valence-corrected chi connectivity index (χ0v) is 23.0. The lowest BCUT2D eigenvalue weighted by Gasteiger charge is -2.27. The van der Waals surface area contributed by atoms with E-state index in [2.05, 4.69) is 5.32 Å². The van der Waals surface area contributed by atoms with Crippen molar-refractivity contribution in [2.45, 2.75) is 13.0 Å². The van der Waals surface area contributed by atoms with Crippen molar-refractivity contribution in [1.82, 2.24) is 0 Å². The Morgan fingerprint density at radius 2 is 1.68 bits per heavy atom. The topological polar surface area (TPSA) is 92.0 Å². The largest absolute Gasteiger partial charge is 0.503 e. The van der Waals surface area contributed by atoms with Crippen molar-refractivity contribution in [3.05, 3.63) is 130 Å². The molecule has 0 saturated carbocycles. The second kappa shape index (κ2) is 10.5. The molecule has 1 aliphatic rings. The lowest BCUT2D eigenvalue weighted by Crippen LogP contribution is -2.31. The molecule has 1 atom stereocenters. The van der Waals surface area contributed by atoms with Crippen molar-refractivity contribution in [3.8, 4) is 5.75 Å². The number of furan rings is 1. The van der Waals surface area contributed by atoms with Gasteiger partial charge in [0.1, 0.15) is 0 Å². The van der Waals surface area contributed by atoms with Gasteiger partial charge in [-0.2, -0.15) is 0 Å². The molecule has 1 aromatic heterocycles. The molecule has 204 valence electrons. The molecule has 1 unspecified atom stereocenters. The monoisotopic (exact) mass is 564 g/mol. The van der Waals surface area contributed by atoms with Gasteiger partial charge in [0.05, 0.1) is 18.7 Å². The minimum atomic E-state index is -0.887. The molecular weight excluding hydrogens is 540 g/mol. The van der Waals surface area contributed by atoms with Gasteiger partial charge in [-0.15, -0.1) is 0 Å². The van der Waals surface area contributed by atoms with Crippen LogP contribution in [0.25, 0.3) is 11.0 Å². The number of carbonyl (C=O) groups is 2. The van der Waals surface area contributed by atoms with Gasteiger partial charge in [-0.1, -0.05) is 59.6 Å². The molecule has 1 amide bonds. The Bertz CT molecular complexity index is 1830. The van der Waals surface area contributed by atoms with Gasteiger partial charge < -0.3 is 19.6 Å². The third kappa shape index (κ3) is 4.81. The number of hydrogen-bond donors (Lipinski definition) is 2. The van der Waals surface area contributed by atoms with Gasteiger partial charge in [-0.3, -0.25) is 14.5 Å². The summed E-state index contributed by atoms with van der Waals surface area (Å²) in [6, 6.07) is 28.4. The number of aryl methyl sites for hydroxylation is 1. The lowest BCUT2D eigenvalue weighted by atomic mass is 9.94. The summed E-state index contributed by atoms with van der Waals surface area (Å²) in [5.74, 6) is -1.59. The summed E-state index contributed by atoms with van der Waals surface area (Å²) in [5.41, 5.74) is 4.15. The zero-order chi connectivity index (χ0) is 28.7. The van der Waals surface area contributed by atoms with Crippen molar-refractivity contribution < 1.29 is 23.8 Å². The summed E-state index contributed by atoms with van der Waals surface area (Å²) in [5, 5.41) is 15.5. The molecule has 7 nitrogen and oxygen atoms in total. The second-order valence-electron chi connectivity index (χ2n) is 9.76. The van der Waals surface area contributed by atoms with Crippen LogP contribution in [-0.4, -0.2) is 23.9 Å². The van der Waals surface area contributed by atoms with Crippen LogP contribution in [0.4, 0.5) is 17.1 Å². The van der Waals surface area contributed by atoms with Crippen LogP contribution in [0.3, 0.4) is 0 Å². The third-order valence-corrected chi connectivity index (χ3v) is 7.23. The average Bonchev–Trinajstić information content (AvgIpc) is 3.52. The molecule has 8 heteroatoms. The summed E-state index contributed by atoms with van der Waals surface area (Å²) < 4.78 is 11.3. The predicted octanol–water partition coefficient (Wildman–Crippen LogP) is 7.93. The SMILES string of the molecule is COc1cc(Cl)cc2cc(C(=O)C3=C(O)C(=O)N(c4ccc(Nc5ccccc5)cc4)C3c3cccc(C)c3)oc12. The maximum Gasteiger partial charge on any atom is 0.294 e. The normalized spacial score (nSPS) is 15.0. The molecule has 2 heterocycles. The lowest BCUT2D eigenvalue weighted by molar-refractivity contribution is -0.117. The summed E-state index contributed by atoms with van der Waals surface area (Å²) in [7, 11) is 1.48. The number of Topliss-reactive ketones (excluding diaryl/α,β-unsaturated/α-hetero) is 1. The number of ether oxygens (including phenoxy) is 1. The van der Waals surface area contributed by atoms with Crippen molar-refractivity contribution in [2.75, 3.05) is 17.3 Å². The average molecular weight is 565 g/mol. The number of benzene rings is 4. The Morgan fingerprint density at radius 3 is 2.39 bits per heavy atom.